The summed E-state index contributed by atoms with van der Waals surface area (Å²) < 4.78 is 16.7. The first-order valence-corrected chi connectivity index (χ1v) is 12.1. The lowest BCUT2D eigenvalue weighted by Crippen LogP contribution is -2.43. The molecule has 4 aromatic rings. The van der Waals surface area contributed by atoms with E-state index in [9.17, 15) is 5.26 Å². The van der Waals surface area contributed by atoms with Crippen molar-refractivity contribution < 1.29 is 14.2 Å². The third-order valence-corrected chi connectivity index (χ3v) is 6.36. The molecule has 9 heteroatoms. The van der Waals surface area contributed by atoms with E-state index in [1.165, 1.54) is 0 Å². The van der Waals surface area contributed by atoms with Gasteiger partial charge in [0.15, 0.2) is 11.5 Å². The monoisotopic (exact) mass is 496 g/mol. The van der Waals surface area contributed by atoms with E-state index in [1.807, 2.05) is 36.4 Å². The van der Waals surface area contributed by atoms with Gasteiger partial charge in [0.2, 0.25) is 5.88 Å². The van der Waals surface area contributed by atoms with Crippen LogP contribution in [-0.4, -0.2) is 55.4 Å². The number of pyridine rings is 1. The molecule has 9 nitrogen and oxygen atoms in total. The lowest BCUT2D eigenvalue weighted by Gasteiger charge is -2.28. The summed E-state index contributed by atoms with van der Waals surface area (Å²) in [6.45, 7) is 3.90. The number of nitrogens with zero attached hydrogens (tertiary/aromatic N) is 5. The summed E-state index contributed by atoms with van der Waals surface area (Å²) in [4.78, 5) is 15.8. The molecule has 1 fully saturated rings. The maximum absolute atomic E-state index is 10.1. The maximum atomic E-state index is 10.1. The van der Waals surface area contributed by atoms with Crippen LogP contribution in [0.25, 0.3) is 11.0 Å². The fourth-order valence-corrected chi connectivity index (χ4v) is 4.37. The van der Waals surface area contributed by atoms with Gasteiger partial charge in [0.25, 0.3) is 0 Å². The van der Waals surface area contributed by atoms with E-state index in [2.05, 4.69) is 26.3 Å². The van der Waals surface area contributed by atoms with Crippen LogP contribution in [-0.2, 0) is 13.0 Å². The number of methoxy groups -OCH3 is 2. The zero-order chi connectivity index (χ0) is 25.6. The number of hydrogen-bond donors (Lipinski definition) is 1. The number of aromatic nitrogens is 3. The van der Waals surface area contributed by atoms with Crippen LogP contribution >= 0.6 is 0 Å². The Bertz CT molecular complexity index is 1430. The van der Waals surface area contributed by atoms with Crippen LogP contribution < -0.4 is 24.4 Å². The molecule has 0 aliphatic carbocycles. The highest BCUT2D eigenvalue weighted by Gasteiger charge is 2.16. The van der Waals surface area contributed by atoms with Crippen LogP contribution in [0.15, 0.2) is 54.9 Å². The Morgan fingerprint density at radius 1 is 0.946 bits per heavy atom. The molecule has 0 radical (unpaired) electrons. The van der Waals surface area contributed by atoms with Gasteiger partial charge in [-0.1, -0.05) is 12.1 Å². The van der Waals surface area contributed by atoms with E-state index in [0.29, 0.717) is 47.0 Å². The third-order valence-electron chi connectivity index (χ3n) is 6.36. The largest absolute Gasteiger partial charge is 0.493 e. The predicted molar refractivity (Wildman–Crippen MR) is 140 cm³/mol. The van der Waals surface area contributed by atoms with Gasteiger partial charge in [-0.25, -0.2) is 9.97 Å². The first-order valence-electron chi connectivity index (χ1n) is 12.1. The van der Waals surface area contributed by atoms with Gasteiger partial charge in [-0.3, -0.25) is 4.98 Å². The molecular formula is C28H28N6O3. The number of hydrogen-bond acceptors (Lipinski definition) is 9. The van der Waals surface area contributed by atoms with Crippen molar-refractivity contribution in [1.82, 2.24) is 20.3 Å². The lowest BCUT2D eigenvalue weighted by molar-refractivity contribution is 0.283. The van der Waals surface area contributed by atoms with Crippen LogP contribution in [0.4, 0.5) is 5.82 Å². The topological polar surface area (TPSA) is 105 Å². The Morgan fingerprint density at radius 2 is 1.78 bits per heavy atom. The molecule has 2 aromatic carbocycles. The van der Waals surface area contributed by atoms with E-state index in [-0.39, 0.29) is 0 Å². The number of nitriles is 1. The molecule has 0 bridgehead atoms. The highest BCUT2D eigenvalue weighted by Crippen LogP contribution is 2.31. The second kappa shape index (κ2) is 11.1. The lowest BCUT2D eigenvalue weighted by atomic mass is 9.98. The summed E-state index contributed by atoms with van der Waals surface area (Å²) in [5.41, 5.74) is 4.71. The zero-order valence-corrected chi connectivity index (χ0v) is 20.9. The SMILES string of the molecule is COc1ccc(COc2ccc(Cc3ccc4ncc(N5CCNCC5)nc4c3C#N)cc2OC)cn1. The zero-order valence-electron chi connectivity index (χ0n) is 20.9. The molecule has 0 atom stereocenters. The van der Waals surface area contributed by atoms with Crippen LogP contribution in [0.2, 0.25) is 0 Å². The number of fused-ring (bicyclic) bond motifs is 1. The summed E-state index contributed by atoms with van der Waals surface area (Å²) in [6.07, 6.45) is 4.07. The van der Waals surface area contributed by atoms with E-state index in [4.69, 9.17) is 19.2 Å². The average Bonchev–Trinajstić information content (AvgIpc) is 2.96. The summed E-state index contributed by atoms with van der Waals surface area (Å²) in [5.74, 6) is 2.62. The second-order valence-corrected chi connectivity index (χ2v) is 8.70. The van der Waals surface area contributed by atoms with Crippen LogP contribution in [0.5, 0.6) is 17.4 Å². The van der Waals surface area contributed by atoms with E-state index in [0.717, 1.165) is 48.7 Å². The van der Waals surface area contributed by atoms with E-state index in [1.54, 1.807) is 32.7 Å². The minimum absolute atomic E-state index is 0.351. The molecule has 0 saturated carbocycles. The fourth-order valence-electron chi connectivity index (χ4n) is 4.37. The summed E-state index contributed by atoms with van der Waals surface area (Å²) in [5, 5.41) is 13.4. The first-order chi connectivity index (χ1) is 18.2. The van der Waals surface area contributed by atoms with Crippen molar-refractivity contribution in [1.29, 1.82) is 5.26 Å². The normalized spacial score (nSPS) is 13.3. The summed E-state index contributed by atoms with van der Waals surface area (Å²) in [7, 11) is 3.20. The minimum Gasteiger partial charge on any atom is -0.493 e. The maximum Gasteiger partial charge on any atom is 0.212 e. The van der Waals surface area contributed by atoms with Crippen LogP contribution in [0, 0.1) is 11.3 Å². The van der Waals surface area contributed by atoms with Crippen molar-refractivity contribution in [3.8, 4) is 23.4 Å². The molecule has 0 amide bonds. The van der Waals surface area contributed by atoms with E-state index >= 15 is 0 Å². The van der Waals surface area contributed by atoms with Gasteiger partial charge >= 0.3 is 0 Å². The Morgan fingerprint density at radius 3 is 2.51 bits per heavy atom. The number of anilines is 1. The molecule has 37 heavy (non-hydrogen) atoms. The molecule has 1 N–H and O–H groups in total. The number of nitrogens with one attached hydrogen (secondary N) is 1. The molecule has 1 saturated heterocycles. The molecule has 1 aliphatic heterocycles. The average molecular weight is 497 g/mol. The van der Waals surface area contributed by atoms with Gasteiger partial charge < -0.3 is 24.4 Å². The van der Waals surface area contributed by atoms with Crippen molar-refractivity contribution in [3.05, 3.63) is 77.1 Å². The van der Waals surface area contributed by atoms with Gasteiger partial charge in [-0.15, -0.1) is 0 Å². The second-order valence-electron chi connectivity index (χ2n) is 8.70. The Hall–Kier alpha value is -4.42. The molecule has 1 aliphatic rings. The molecule has 0 spiro atoms. The standard InChI is InChI=1S/C28H28N6O3/c1-35-25-14-19(3-7-24(25)37-18-20-4-8-27(36-2)32-16-20)13-21-5-6-23-28(22(21)15-29)33-26(17-31-23)34-11-9-30-10-12-34/h3-8,14,16-17,30H,9-13,18H2,1-2H3. The third kappa shape index (κ3) is 5.39. The van der Waals surface area contributed by atoms with Gasteiger partial charge in [0.1, 0.15) is 24.0 Å². The van der Waals surface area contributed by atoms with Crippen LogP contribution in [0.1, 0.15) is 22.3 Å². The first kappa shape index (κ1) is 24.3. The number of piperazine rings is 1. The van der Waals surface area contributed by atoms with Crippen molar-refractivity contribution >= 4 is 16.9 Å². The highest BCUT2D eigenvalue weighted by molar-refractivity contribution is 5.83. The molecule has 188 valence electrons. The minimum atomic E-state index is 0.351. The Labute approximate surface area is 215 Å². The molecule has 3 heterocycles. The summed E-state index contributed by atoms with van der Waals surface area (Å²) in [6, 6.07) is 15.8. The quantitative estimate of drug-likeness (QED) is 0.392. The van der Waals surface area contributed by atoms with Crippen LogP contribution in [0.3, 0.4) is 0 Å². The fraction of sp³-hybridized carbons (Fsp3) is 0.286. The predicted octanol–water partition coefficient (Wildman–Crippen LogP) is 3.49. The number of rotatable bonds is 8. The van der Waals surface area contributed by atoms with Gasteiger partial charge in [0.05, 0.1) is 31.5 Å². The molecular weight excluding hydrogens is 468 g/mol. The van der Waals surface area contributed by atoms with Gasteiger partial charge in [-0.05, 0) is 41.8 Å². The van der Waals surface area contributed by atoms with Gasteiger partial charge in [0, 0.05) is 44.0 Å². The molecule has 5 rings (SSSR count). The Balaban J connectivity index is 1.37. The van der Waals surface area contributed by atoms with Crippen molar-refractivity contribution in [2.45, 2.75) is 13.0 Å². The summed E-state index contributed by atoms with van der Waals surface area (Å²) >= 11 is 0. The smallest absolute Gasteiger partial charge is 0.212 e. The van der Waals surface area contributed by atoms with E-state index < -0.39 is 0 Å². The van der Waals surface area contributed by atoms with Crippen molar-refractivity contribution in [3.63, 3.8) is 0 Å². The van der Waals surface area contributed by atoms with Crippen molar-refractivity contribution in [2.75, 3.05) is 45.3 Å². The number of benzene rings is 2. The molecule has 2 aromatic heterocycles. The highest BCUT2D eigenvalue weighted by atomic mass is 16.5. The Kier molecular flexibility index (Phi) is 7.28. The van der Waals surface area contributed by atoms with Gasteiger partial charge in [-0.2, -0.15) is 5.26 Å². The number of ether oxygens (including phenoxy) is 3. The molecule has 0 unspecified atom stereocenters. The van der Waals surface area contributed by atoms with Crippen molar-refractivity contribution in [2.24, 2.45) is 0 Å².